The van der Waals surface area contributed by atoms with E-state index in [1.165, 1.54) is 16.4 Å². The van der Waals surface area contributed by atoms with Crippen molar-refractivity contribution in [1.82, 2.24) is 30.6 Å². The molecule has 2 aliphatic rings. The third-order valence-corrected chi connectivity index (χ3v) is 9.35. The van der Waals surface area contributed by atoms with Crippen LogP contribution in [0, 0.1) is 0 Å². The number of aromatic nitrogens is 4. The second-order valence-corrected chi connectivity index (χ2v) is 16.2. The number of esters is 1. The van der Waals surface area contributed by atoms with Gasteiger partial charge in [-0.15, -0.1) is 11.3 Å². The van der Waals surface area contributed by atoms with Gasteiger partial charge in [-0.2, -0.15) is 23.4 Å². The molecular formula is C35H38N8O10S2. The molecular weight excluding hydrogens is 757 g/mol. The number of nitrogens with one attached hydrogen (secondary N) is 3. The summed E-state index contributed by atoms with van der Waals surface area (Å²) in [6.07, 6.45) is 1.21. The molecule has 2 fully saturated rings. The molecule has 3 heterocycles. The van der Waals surface area contributed by atoms with E-state index in [4.69, 9.17) is 18.5 Å². The largest absolute Gasteiger partial charge is 0.450 e. The SMILES string of the molecule is CC(C)(C)OC(=O)Nc1nc(C(=NOC2(C(=O)OC(c3ccccc3)c3ccccc3)CC2)C(=O)N[C@@H]2C(=O)N[C@H]2Cn2ncc(COS(C)(=O)=O)n2)cs1. The van der Waals surface area contributed by atoms with Gasteiger partial charge < -0.3 is 24.9 Å². The Hall–Kier alpha value is -5.73. The first-order valence-corrected chi connectivity index (χ1v) is 19.6. The average molecular weight is 795 g/mol. The van der Waals surface area contributed by atoms with Gasteiger partial charge in [0.25, 0.3) is 16.0 Å². The van der Waals surface area contributed by atoms with Gasteiger partial charge >= 0.3 is 12.1 Å². The van der Waals surface area contributed by atoms with Crippen molar-refractivity contribution in [3.8, 4) is 0 Å². The van der Waals surface area contributed by atoms with Crippen LogP contribution >= 0.6 is 11.3 Å². The quantitative estimate of drug-likeness (QED) is 0.0518. The molecule has 20 heteroatoms. The van der Waals surface area contributed by atoms with E-state index in [0.717, 1.165) is 28.7 Å². The summed E-state index contributed by atoms with van der Waals surface area (Å²) in [7, 11) is -3.71. The van der Waals surface area contributed by atoms with Crippen molar-refractivity contribution in [3.63, 3.8) is 0 Å². The first kappa shape index (κ1) is 39.0. The highest BCUT2D eigenvalue weighted by Crippen LogP contribution is 2.43. The van der Waals surface area contributed by atoms with Gasteiger partial charge in [-0.3, -0.25) is 19.1 Å². The van der Waals surface area contributed by atoms with E-state index in [9.17, 15) is 27.6 Å². The van der Waals surface area contributed by atoms with Crippen molar-refractivity contribution in [2.45, 2.75) is 76.2 Å². The smallest absolute Gasteiger partial charge is 0.413 e. The van der Waals surface area contributed by atoms with Crippen molar-refractivity contribution in [2.75, 3.05) is 11.6 Å². The van der Waals surface area contributed by atoms with Crippen LogP contribution < -0.4 is 16.0 Å². The normalized spacial score (nSPS) is 17.8. The number of β-lactam (4-membered cyclic amide) rings is 1. The maximum absolute atomic E-state index is 13.9. The second kappa shape index (κ2) is 15.9. The predicted molar refractivity (Wildman–Crippen MR) is 196 cm³/mol. The molecule has 1 aliphatic heterocycles. The molecule has 0 unspecified atom stereocenters. The Balaban J connectivity index is 1.20. The van der Waals surface area contributed by atoms with Crippen LogP contribution in [0.3, 0.4) is 0 Å². The number of oxime groups is 1. The van der Waals surface area contributed by atoms with E-state index < -0.39 is 63.4 Å². The topological polar surface area (TPSA) is 231 Å². The molecule has 1 aliphatic carbocycles. The number of thiazole rings is 1. The molecule has 2 aromatic carbocycles. The predicted octanol–water partition coefficient (Wildman–Crippen LogP) is 2.83. The monoisotopic (exact) mass is 794 g/mol. The number of hydrogen-bond donors (Lipinski definition) is 3. The molecule has 0 radical (unpaired) electrons. The van der Waals surface area contributed by atoms with Crippen LogP contribution in [-0.2, 0) is 56.1 Å². The molecule has 1 saturated heterocycles. The second-order valence-electron chi connectivity index (χ2n) is 13.7. The van der Waals surface area contributed by atoms with Crippen LogP contribution in [0.15, 0.2) is 77.4 Å². The number of amides is 3. The van der Waals surface area contributed by atoms with E-state index in [-0.39, 0.29) is 48.2 Å². The number of carbonyl (C=O) groups excluding carboxylic acids is 4. The number of benzene rings is 2. The molecule has 3 amide bonds. The Bertz CT molecular complexity index is 2140. The molecule has 18 nitrogen and oxygen atoms in total. The number of ether oxygens (including phenoxy) is 2. The zero-order valence-corrected chi connectivity index (χ0v) is 31.8. The summed E-state index contributed by atoms with van der Waals surface area (Å²) in [5.74, 6) is -2.07. The van der Waals surface area contributed by atoms with Gasteiger partial charge in [-0.1, -0.05) is 65.8 Å². The van der Waals surface area contributed by atoms with Gasteiger partial charge in [0.05, 0.1) is 25.0 Å². The van der Waals surface area contributed by atoms with Gasteiger partial charge in [0.15, 0.2) is 16.9 Å². The fourth-order valence-corrected chi connectivity index (χ4v) is 6.23. The summed E-state index contributed by atoms with van der Waals surface area (Å²) in [5, 5.41) is 21.7. The van der Waals surface area contributed by atoms with E-state index in [2.05, 4.69) is 36.3 Å². The number of carbonyl (C=O) groups is 4. The van der Waals surface area contributed by atoms with E-state index >= 15 is 0 Å². The van der Waals surface area contributed by atoms with Crippen molar-refractivity contribution >= 4 is 56.2 Å². The average Bonchev–Trinajstić information content (AvgIpc) is 3.55. The van der Waals surface area contributed by atoms with Gasteiger partial charge in [0, 0.05) is 18.2 Å². The molecule has 290 valence electrons. The third kappa shape index (κ3) is 10.3. The maximum Gasteiger partial charge on any atom is 0.413 e. The van der Waals surface area contributed by atoms with Crippen LogP contribution in [0.25, 0.3) is 0 Å². The number of rotatable bonds is 15. The first-order chi connectivity index (χ1) is 26.1. The van der Waals surface area contributed by atoms with Crippen LogP contribution in [0.4, 0.5) is 9.93 Å². The Morgan fingerprint density at radius 1 is 1.07 bits per heavy atom. The fourth-order valence-electron chi connectivity index (χ4n) is 5.21. The number of nitrogens with zero attached hydrogens (tertiary/aromatic N) is 5. The number of hydrogen-bond acceptors (Lipinski definition) is 15. The molecule has 2 aromatic heterocycles. The van der Waals surface area contributed by atoms with Crippen LogP contribution in [0.2, 0.25) is 0 Å². The van der Waals surface area contributed by atoms with Gasteiger partial charge in [-0.25, -0.2) is 14.6 Å². The molecule has 2 atom stereocenters. The highest BCUT2D eigenvalue weighted by Gasteiger charge is 2.56. The molecule has 6 rings (SSSR count). The Labute approximate surface area is 319 Å². The fraction of sp³-hybridized carbons (Fsp3) is 0.371. The van der Waals surface area contributed by atoms with E-state index in [1.54, 1.807) is 20.8 Å². The van der Waals surface area contributed by atoms with Gasteiger partial charge in [-0.05, 0) is 31.9 Å². The molecule has 55 heavy (non-hydrogen) atoms. The summed E-state index contributed by atoms with van der Waals surface area (Å²) in [5.41, 5.74) is -0.974. The molecule has 0 spiro atoms. The lowest BCUT2D eigenvalue weighted by molar-refractivity contribution is -0.164. The lowest BCUT2D eigenvalue weighted by Gasteiger charge is -2.36. The molecule has 3 N–H and O–H groups in total. The molecule has 4 aromatic rings. The summed E-state index contributed by atoms with van der Waals surface area (Å²) >= 11 is 0.980. The summed E-state index contributed by atoms with van der Waals surface area (Å²) in [6, 6.07) is 16.7. The number of anilines is 1. The Kier molecular flexibility index (Phi) is 11.3. The summed E-state index contributed by atoms with van der Waals surface area (Å²) < 4.78 is 38.7. The van der Waals surface area contributed by atoms with Crippen molar-refractivity contribution < 1.29 is 46.1 Å². The van der Waals surface area contributed by atoms with Crippen molar-refractivity contribution in [3.05, 3.63) is 94.8 Å². The highest BCUT2D eigenvalue weighted by molar-refractivity contribution is 7.85. The van der Waals surface area contributed by atoms with Crippen molar-refractivity contribution in [1.29, 1.82) is 0 Å². The zero-order valence-electron chi connectivity index (χ0n) is 30.1. The van der Waals surface area contributed by atoms with E-state index in [0.29, 0.717) is 0 Å². The third-order valence-electron chi connectivity index (χ3n) is 8.05. The van der Waals surface area contributed by atoms with Crippen LogP contribution in [-0.4, -0.2) is 87.5 Å². The lowest BCUT2D eigenvalue weighted by atomic mass is 9.98. The Morgan fingerprint density at radius 2 is 1.73 bits per heavy atom. The standard InChI is InChI=1S/C35H38N8O10S2/c1-34(2,3)52-33(47)40-32-38-25(20-54-32)27(30(45)39-26-24(37-29(26)44)18-43-36-17-23(41-43)19-50-55(4,48)49)42-53-35(15-16-35)31(46)51-28(21-11-7-5-8-12-21)22-13-9-6-10-14-22/h5-14,17,20,24,26,28H,15-16,18-19H2,1-4H3,(H,37,44)(H,39,45)(H,38,40,47)/t24-,26-/m0/s1. The molecule has 0 bridgehead atoms. The zero-order chi connectivity index (χ0) is 39.4. The molecule has 1 saturated carbocycles. The Morgan fingerprint density at radius 3 is 2.31 bits per heavy atom. The maximum atomic E-state index is 13.9. The van der Waals surface area contributed by atoms with Gasteiger partial charge in [0.2, 0.25) is 11.5 Å². The summed E-state index contributed by atoms with van der Waals surface area (Å²) in [4.78, 5) is 64.1. The van der Waals surface area contributed by atoms with Crippen LogP contribution in [0.5, 0.6) is 0 Å². The minimum atomic E-state index is -3.71. The first-order valence-electron chi connectivity index (χ1n) is 17.0. The van der Waals surface area contributed by atoms with Gasteiger partial charge in [0.1, 0.15) is 29.6 Å². The van der Waals surface area contributed by atoms with Crippen molar-refractivity contribution in [2.24, 2.45) is 5.16 Å². The minimum Gasteiger partial charge on any atom is -0.450 e. The van der Waals surface area contributed by atoms with E-state index in [1.807, 2.05) is 60.7 Å². The minimum absolute atomic E-state index is 0.0120. The summed E-state index contributed by atoms with van der Waals surface area (Å²) in [6.45, 7) is 4.78. The highest BCUT2D eigenvalue weighted by atomic mass is 32.2. The lowest BCUT2D eigenvalue weighted by Crippen LogP contribution is -2.70. The van der Waals surface area contributed by atoms with Crippen LogP contribution in [0.1, 0.15) is 62.2 Å².